The first kappa shape index (κ1) is 22.8. The standard InChI is InChI=1S/C25H41NO2/c1-2-3-4-5-6-7-8-9-10-11-12-13-14-15-16-22-20-26-24-19-21(25(27)28)17-18-23(22)24/h17-19,22,26H,2-16,20H2,1H3,(H,27,28). The predicted octanol–water partition coefficient (Wildman–Crippen LogP) is 7.77. The Hall–Kier alpha value is -1.51. The molecule has 158 valence electrons. The molecule has 1 aliphatic heterocycles. The van der Waals surface area contributed by atoms with Crippen LogP contribution in [0.15, 0.2) is 18.2 Å². The molecule has 1 aromatic carbocycles. The van der Waals surface area contributed by atoms with Gasteiger partial charge in [-0.15, -0.1) is 0 Å². The first-order valence-electron chi connectivity index (χ1n) is 11.8. The molecule has 0 aliphatic carbocycles. The van der Waals surface area contributed by atoms with Crippen LogP contribution in [0.25, 0.3) is 0 Å². The van der Waals surface area contributed by atoms with Crippen molar-refractivity contribution in [1.82, 2.24) is 0 Å². The van der Waals surface area contributed by atoms with Crippen LogP contribution in [0, 0.1) is 0 Å². The highest BCUT2D eigenvalue weighted by Crippen LogP contribution is 2.35. The van der Waals surface area contributed by atoms with Gasteiger partial charge in [-0.05, 0) is 24.1 Å². The minimum absolute atomic E-state index is 0.378. The van der Waals surface area contributed by atoms with Gasteiger partial charge in [0.05, 0.1) is 5.56 Å². The van der Waals surface area contributed by atoms with E-state index in [0.29, 0.717) is 11.5 Å². The van der Waals surface area contributed by atoms with E-state index < -0.39 is 5.97 Å². The maximum atomic E-state index is 11.1. The Morgan fingerprint density at radius 1 is 0.893 bits per heavy atom. The Balaban J connectivity index is 1.43. The van der Waals surface area contributed by atoms with Gasteiger partial charge in [-0.25, -0.2) is 4.79 Å². The Labute approximate surface area is 172 Å². The van der Waals surface area contributed by atoms with Gasteiger partial charge in [-0.1, -0.05) is 103 Å². The molecular weight excluding hydrogens is 346 g/mol. The molecule has 1 aliphatic rings. The Morgan fingerprint density at radius 3 is 1.96 bits per heavy atom. The van der Waals surface area contributed by atoms with E-state index in [1.165, 1.54) is 102 Å². The fourth-order valence-corrected chi connectivity index (χ4v) is 4.38. The Bertz CT molecular complexity index is 570. The molecule has 0 radical (unpaired) electrons. The molecule has 1 atom stereocenters. The number of aromatic carboxylic acids is 1. The number of unbranched alkanes of at least 4 members (excludes halogenated alkanes) is 13. The van der Waals surface area contributed by atoms with Crippen molar-refractivity contribution in [2.24, 2.45) is 0 Å². The fourth-order valence-electron chi connectivity index (χ4n) is 4.38. The summed E-state index contributed by atoms with van der Waals surface area (Å²) in [6.07, 6.45) is 20.8. The topological polar surface area (TPSA) is 49.3 Å². The van der Waals surface area contributed by atoms with Crippen LogP contribution >= 0.6 is 0 Å². The van der Waals surface area contributed by atoms with E-state index in [-0.39, 0.29) is 0 Å². The van der Waals surface area contributed by atoms with Crippen LogP contribution in [0.5, 0.6) is 0 Å². The van der Waals surface area contributed by atoms with Crippen molar-refractivity contribution in [3.63, 3.8) is 0 Å². The van der Waals surface area contributed by atoms with Gasteiger partial charge in [0.15, 0.2) is 0 Å². The van der Waals surface area contributed by atoms with E-state index in [2.05, 4.69) is 12.2 Å². The number of rotatable bonds is 16. The average molecular weight is 388 g/mol. The lowest BCUT2D eigenvalue weighted by molar-refractivity contribution is 0.0697. The number of nitrogens with one attached hydrogen (secondary N) is 1. The molecule has 3 nitrogen and oxygen atoms in total. The third kappa shape index (κ3) is 8.24. The van der Waals surface area contributed by atoms with Crippen LogP contribution in [0.1, 0.15) is 125 Å². The first-order chi connectivity index (χ1) is 13.7. The Kier molecular flexibility index (Phi) is 11.1. The van der Waals surface area contributed by atoms with E-state index in [0.717, 1.165) is 12.2 Å². The molecule has 28 heavy (non-hydrogen) atoms. The molecule has 2 N–H and O–H groups in total. The molecular formula is C25H41NO2. The zero-order chi connectivity index (χ0) is 20.0. The van der Waals surface area contributed by atoms with Crippen molar-refractivity contribution in [2.75, 3.05) is 11.9 Å². The fraction of sp³-hybridized carbons (Fsp3) is 0.720. The lowest BCUT2D eigenvalue weighted by Gasteiger charge is -2.10. The smallest absolute Gasteiger partial charge is 0.335 e. The molecule has 3 heteroatoms. The van der Waals surface area contributed by atoms with Gasteiger partial charge in [0.2, 0.25) is 0 Å². The molecule has 0 saturated heterocycles. The van der Waals surface area contributed by atoms with Crippen molar-refractivity contribution >= 4 is 11.7 Å². The second-order valence-corrected chi connectivity index (χ2v) is 8.57. The summed E-state index contributed by atoms with van der Waals surface area (Å²) in [5.41, 5.74) is 2.71. The highest BCUT2D eigenvalue weighted by Gasteiger charge is 2.22. The SMILES string of the molecule is CCCCCCCCCCCCCCCCC1CNc2cc(C(=O)O)ccc21. The summed E-state index contributed by atoms with van der Waals surface area (Å²) in [6, 6.07) is 5.53. The van der Waals surface area contributed by atoms with Gasteiger partial charge < -0.3 is 10.4 Å². The highest BCUT2D eigenvalue weighted by atomic mass is 16.4. The van der Waals surface area contributed by atoms with Crippen molar-refractivity contribution in [3.05, 3.63) is 29.3 Å². The van der Waals surface area contributed by atoms with Crippen LogP contribution in [-0.2, 0) is 0 Å². The molecule has 0 fully saturated rings. The third-order valence-electron chi connectivity index (χ3n) is 6.19. The zero-order valence-corrected chi connectivity index (χ0v) is 18.0. The summed E-state index contributed by atoms with van der Waals surface area (Å²) in [5, 5.41) is 12.5. The van der Waals surface area contributed by atoms with Crippen LogP contribution in [0.3, 0.4) is 0 Å². The van der Waals surface area contributed by atoms with Crippen LogP contribution in [-0.4, -0.2) is 17.6 Å². The number of benzene rings is 1. The molecule has 1 heterocycles. The van der Waals surface area contributed by atoms with Crippen molar-refractivity contribution in [1.29, 1.82) is 0 Å². The molecule has 0 aromatic heterocycles. The normalized spacial score (nSPS) is 15.4. The first-order valence-corrected chi connectivity index (χ1v) is 11.8. The summed E-state index contributed by atoms with van der Waals surface area (Å²) in [7, 11) is 0. The lowest BCUT2D eigenvalue weighted by atomic mass is 9.94. The van der Waals surface area contributed by atoms with Crippen LogP contribution in [0.4, 0.5) is 5.69 Å². The summed E-state index contributed by atoms with van der Waals surface area (Å²) in [5.74, 6) is -0.296. The van der Waals surface area contributed by atoms with Gasteiger partial charge in [0.1, 0.15) is 0 Å². The maximum absolute atomic E-state index is 11.1. The number of hydrogen-bond acceptors (Lipinski definition) is 2. The van der Waals surface area contributed by atoms with Gasteiger partial charge in [0.25, 0.3) is 0 Å². The van der Waals surface area contributed by atoms with E-state index >= 15 is 0 Å². The summed E-state index contributed by atoms with van der Waals surface area (Å²) < 4.78 is 0. The number of carboxylic acids is 1. The van der Waals surface area contributed by atoms with E-state index in [1.54, 1.807) is 12.1 Å². The second kappa shape index (κ2) is 13.6. The van der Waals surface area contributed by atoms with E-state index in [9.17, 15) is 4.79 Å². The van der Waals surface area contributed by atoms with Crippen LogP contribution in [0.2, 0.25) is 0 Å². The molecule has 1 aromatic rings. The molecule has 0 spiro atoms. The van der Waals surface area contributed by atoms with E-state index in [1.807, 2.05) is 6.07 Å². The largest absolute Gasteiger partial charge is 0.478 e. The minimum Gasteiger partial charge on any atom is -0.478 e. The van der Waals surface area contributed by atoms with Gasteiger partial charge in [-0.3, -0.25) is 0 Å². The second-order valence-electron chi connectivity index (χ2n) is 8.57. The monoisotopic (exact) mass is 387 g/mol. The van der Waals surface area contributed by atoms with Crippen molar-refractivity contribution < 1.29 is 9.90 Å². The number of hydrogen-bond donors (Lipinski definition) is 2. The zero-order valence-electron chi connectivity index (χ0n) is 18.0. The van der Waals surface area contributed by atoms with Gasteiger partial charge >= 0.3 is 5.97 Å². The van der Waals surface area contributed by atoms with Crippen LogP contribution < -0.4 is 5.32 Å². The number of carbonyl (C=O) groups is 1. The summed E-state index contributed by atoms with van der Waals surface area (Å²) in [6.45, 7) is 3.24. The number of fused-ring (bicyclic) bond motifs is 1. The molecule has 1 unspecified atom stereocenters. The molecule has 0 saturated carbocycles. The number of anilines is 1. The Morgan fingerprint density at radius 2 is 1.43 bits per heavy atom. The average Bonchev–Trinajstić information content (AvgIpc) is 3.10. The van der Waals surface area contributed by atoms with Crippen molar-refractivity contribution in [2.45, 2.75) is 109 Å². The predicted molar refractivity (Wildman–Crippen MR) is 120 cm³/mol. The summed E-state index contributed by atoms with van der Waals surface area (Å²) in [4.78, 5) is 11.1. The van der Waals surface area contributed by atoms with E-state index in [4.69, 9.17) is 5.11 Å². The highest BCUT2D eigenvalue weighted by molar-refractivity contribution is 5.89. The van der Waals surface area contributed by atoms with Crippen molar-refractivity contribution in [3.8, 4) is 0 Å². The minimum atomic E-state index is -0.847. The molecule has 0 bridgehead atoms. The van der Waals surface area contributed by atoms with Gasteiger partial charge in [0, 0.05) is 18.2 Å². The maximum Gasteiger partial charge on any atom is 0.335 e. The number of carboxylic acid groups (broad SMARTS) is 1. The summed E-state index contributed by atoms with van der Waals surface area (Å²) >= 11 is 0. The quantitative estimate of drug-likeness (QED) is 0.285. The van der Waals surface area contributed by atoms with Gasteiger partial charge in [-0.2, -0.15) is 0 Å². The molecule has 0 amide bonds. The molecule has 2 rings (SSSR count). The lowest BCUT2D eigenvalue weighted by Crippen LogP contribution is -2.01. The third-order valence-corrected chi connectivity index (χ3v) is 6.19.